The number of hydrogen-bond donors (Lipinski definition) is 0. The number of hydrogen-bond acceptors (Lipinski definition) is 5. The molecule has 0 aliphatic carbocycles. The Morgan fingerprint density at radius 1 is 0.441 bits per heavy atom. The minimum absolute atomic E-state index is 0.363. The summed E-state index contributed by atoms with van der Waals surface area (Å²) < 4.78 is 2.04. The normalized spacial score (nSPS) is 10.6. The Morgan fingerprint density at radius 2 is 0.949 bits per heavy atom. The Hall–Kier alpha value is -9.20. The third-order valence-electron chi connectivity index (χ3n) is 10.2. The third-order valence-corrected chi connectivity index (χ3v) is 10.2. The fourth-order valence-electron chi connectivity index (χ4n) is 7.38. The zero-order valence-electron chi connectivity index (χ0n) is 31.0. The summed E-state index contributed by atoms with van der Waals surface area (Å²) in [6.45, 7) is 22.8. The molecule has 0 fully saturated rings. The second kappa shape index (κ2) is 14.8. The molecule has 0 radical (unpaired) electrons. The molecule has 0 spiro atoms. The number of benzene rings is 7. The van der Waals surface area contributed by atoms with Crippen LogP contribution in [0.2, 0.25) is 0 Å². The molecular weight excluding hydrogens is 727 g/mol. The van der Waals surface area contributed by atoms with Crippen molar-refractivity contribution >= 4 is 38.9 Å². The molecule has 0 bridgehead atoms. The molecule has 9 nitrogen and oxygen atoms in total. The highest BCUT2D eigenvalue weighted by atomic mass is 15.0. The molecule has 270 valence electrons. The van der Waals surface area contributed by atoms with Crippen molar-refractivity contribution in [1.29, 1.82) is 10.5 Å². The Morgan fingerprint density at radius 3 is 1.49 bits per heavy atom. The molecule has 0 amide bonds. The Bertz CT molecular complexity index is 3200. The molecule has 2 heterocycles. The maximum absolute atomic E-state index is 10.6. The van der Waals surface area contributed by atoms with Gasteiger partial charge >= 0.3 is 0 Å². The van der Waals surface area contributed by atoms with Gasteiger partial charge in [-0.05, 0) is 70.8 Å². The predicted octanol–water partition coefficient (Wildman–Crippen LogP) is 12.7. The van der Waals surface area contributed by atoms with Crippen LogP contribution in [0.1, 0.15) is 11.1 Å². The highest BCUT2D eigenvalue weighted by Crippen LogP contribution is 2.41. The second-order valence-electron chi connectivity index (χ2n) is 13.6. The molecule has 2 aromatic heterocycles. The van der Waals surface area contributed by atoms with E-state index in [9.17, 15) is 10.5 Å². The quantitative estimate of drug-likeness (QED) is 0.157. The summed E-state index contributed by atoms with van der Waals surface area (Å²) >= 11 is 0. The molecule has 59 heavy (non-hydrogen) atoms. The molecule has 9 rings (SSSR count). The van der Waals surface area contributed by atoms with Gasteiger partial charge in [-0.25, -0.2) is 29.5 Å². The highest BCUT2D eigenvalue weighted by molar-refractivity contribution is 6.12. The van der Waals surface area contributed by atoms with Gasteiger partial charge in [0, 0.05) is 33.0 Å². The highest BCUT2D eigenvalue weighted by Gasteiger charge is 2.20. The van der Waals surface area contributed by atoms with Crippen LogP contribution < -0.4 is 0 Å². The van der Waals surface area contributed by atoms with E-state index in [2.05, 4.69) is 26.7 Å². The van der Waals surface area contributed by atoms with Gasteiger partial charge < -0.3 is 4.57 Å². The van der Waals surface area contributed by atoms with Gasteiger partial charge in [-0.3, -0.25) is 0 Å². The summed E-state index contributed by atoms with van der Waals surface area (Å²) in [5.74, 6) is 1.47. The monoisotopic (exact) mass is 751 g/mol. The maximum Gasteiger partial charge on any atom is 0.188 e. The van der Waals surface area contributed by atoms with Crippen LogP contribution in [-0.2, 0) is 0 Å². The van der Waals surface area contributed by atoms with Gasteiger partial charge in [-0.1, -0.05) is 103 Å². The standard InChI is InChI=1S/C50H25N9/c1-53-38-18-20-40(37(24-38)30-52)33-16-22-45-42(25-33)43-26-34(41-21-19-39(54-2)28-44(41)55-3)17-23-46(43)59(45)47-27-35(14-15-36(47)29-51)50-57-48(31-10-6-4-7-11-31)56-49(58-50)32-12-8-5-9-13-32/h4-28H. The molecule has 0 atom stereocenters. The maximum atomic E-state index is 10.6. The van der Waals surface area contributed by atoms with Gasteiger partial charge in [0.05, 0.1) is 48.1 Å². The number of nitrogens with zero attached hydrogens (tertiary/aromatic N) is 9. The summed E-state index contributed by atoms with van der Waals surface area (Å²) in [5, 5.41) is 22.4. The molecule has 0 N–H and O–H groups in total. The second-order valence-corrected chi connectivity index (χ2v) is 13.6. The van der Waals surface area contributed by atoms with Crippen LogP contribution >= 0.6 is 0 Å². The van der Waals surface area contributed by atoms with Gasteiger partial charge in [0.2, 0.25) is 0 Å². The lowest BCUT2D eigenvalue weighted by Gasteiger charge is -2.13. The Balaban J connectivity index is 1.30. The van der Waals surface area contributed by atoms with Gasteiger partial charge in [0.1, 0.15) is 6.07 Å². The Labute approximate surface area is 339 Å². The van der Waals surface area contributed by atoms with Crippen LogP contribution in [0.15, 0.2) is 152 Å². The van der Waals surface area contributed by atoms with Crippen LogP contribution in [0.4, 0.5) is 17.1 Å². The fourth-order valence-corrected chi connectivity index (χ4v) is 7.38. The summed E-state index contributed by atoms with van der Waals surface area (Å²) in [6.07, 6.45) is 0. The first-order chi connectivity index (χ1) is 29.0. The van der Waals surface area contributed by atoms with Crippen molar-refractivity contribution in [2.24, 2.45) is 0 Å². The van der Waals surface area contributed by atoms with E-state index in [0.717, 1.165) is 44.1 Å². The average molecular weight is 752 g/mol. The van der Waals surface area contributed by atoms with E-state index in [1.807, 2.05) is 114 Å². The molecule has 9 aromatic rings. The largest absolute Gasteiger partial charge is 0.308 e. The van der Waals surface area contributed by atoms with Crippen molar-refractivity contribution in [3.8, 4) is 74.2 Å². The molecule has 0 unspecified atom stereocenters. The first-order valence-corrected chi connectivity index (χ1v) is 18.3. The molecule has 0 saturated carbocycles. The van der Waals surface area contributed by atoms with E-state index in [1.165, 1.54) is 0 Å². The van der Waals surface area contributed by atoms with Crippen molar-refractivity contribution in [2.45, 2.75) is 0 Å². The van der Waals surface area contributed by atoms with Gasteiger partial charge in [-0.15, -0.1) is 0 Å². The van der Waals surface area contributed by atoms with E-state index in [4.69, 9.17) is 34.7 Å². The number of nitriles is 2. The first-order valence-electron chi connectivity index (χ1n) is 18.3. The lowest BCUT2D eigenvalue weighted by molar-refractivity contribution is 1.07. The summed E-state index contributed by atoms with van der Waals surface area (Å²) in [7, 11) is 0. The smallest absolute Gasteiger partial charge is 0.188 e. The van der Waals surface area contributed by atoms with E-state index < -0.39 is 0 Å². The lowest BCUT2D eigenvalue weighted by atomic mass is 9.97. The first kappa shape index (κ1) is 35.5. The van der Waals surface area contributed by atoms with Crippen molar-refractivity contribution in [3.05, 3.63) is 197 Å². The van der Waals surface area contributed by atoms with Gasteiger partial charge in [0.15, 0.2) is 34.5 Å². The van der Waals surface area contributed by atoms with Crippen molar-refractivity contribution in [3.63, 3.8) is 0 Å². The molecule has 0 saturated heterocycles. The van der Waals surface area contributed by atoms with Crippen molar-refractivity contribution in [1.82, 2.24) is 19.5 Å². The Kier molecular flexibility index (Phi) is 8.90. The van der Waals surface area contributed by atoms with E-state index >= 15 is 0 Å². The summed E-state index contributed by atoms with van der Waals surface area (Å²) in [5.41, 5.74) is 9.41. The molecule has 0 aliphatic heterocycles. The zero-order chi connectivity index (χ0) is 40.5. The predicted molar refractivity (Wildman–Crippen MR) is 230 cm³/mol. The summed E-state index contributed by atoms with van der Waals surface area (Å²) in [4.78, 5) is 25.5. The molecule has 7 aromatic carbocycles. The van der Waals surface area contributed by atoms with Gasteiger partial charge in [-0.2, -0.15) is 10.5 Å². The average Bonchev–Trinajstić information content (AvgIpc) is 3.63. The van der Waals surface area contributed by atoms with Gasteiger partial charge in [0.25, 0.3) is 0 Å². The minimum Gasteiger partial charge on any atom is -0.308 e. The van der Waals surface area contributed by atoms with E-state index in [0.29, 0.717) is 68.0 Å². The van der Waals surface area contributed by atoms with Crippen molar-refractivity contribution < 1.29 is 0 Å². The van der Waals surface area contributed by atoms with E-state index in [1.54, 1.807) is 42.5 Å². The number of rotatable bonds is 6. The molecule has 0 aliphatic rings. The molecule has 9 heteroatoms. The molecular formula is C50H25N9. The topological polar surface area (TPSA) is 104 Å². The van der Waals surface area contributed by atoms with Crippen molar-refractivity contribution in [2.75, 3.05) is 0 Å². The number of aromatic nitrogens is 4. The van der Waals surface area contributed by atoms with E-state index in [-0.39, 0.29) is 0 Å². The van der Waals surface area contributed by atoms with Crippen LogP contribution in [0.3, 0.4) is 0 Å². The van der Waals surface area contributed by atoms with Crippen LogP contribution in [-0.4, -0.2) is 19.5 Å². The number of fused-ring (bicyclic) bond motifs is 3. The fraction of sp³-hybridized carbons (Fsp3) is 0. The zero-order valence-corrected chi connectivity index (χ0v) is 31.0. The third kappa shape index (κ3) is 6.34. The SMILES string of the molecule is [C-]#[N+]c1ccc(-c2ccc3c(c2)c2cc(-c4ccc([N+]#[C-])cc4[N+]#[C-])ccc2n3-c2cc(-c3nc(-c4ccccc4)nc(-c4ccccc4)n3)ccc2C#N)c(C#N)c1. The van der Waals surface area contributed by atoms with Crippen LogP contribution in [0.25, 0.3) is 98.4 Å². The van der Waals surface area contributed by atoms with Crippen LogP contribution in [0.5, 0.6) is 0 Å². The minimum atomic E-state index is 0.363. The summed E-state index contributed by atoms with van der Waals surface area (Å²) in [6, 6.07) is 51.7. The lowest BCUT2D eigenvalue weighted by Crippen LogP contribution is -2.02. The van der Waals surface area contributed by atoms with Crippen LogP contribution in [0, 0.1) is 42.4 Å².